The molecule has 6 heteroatoms. The molecule has 4 saturated heterocycles. The fourth-order valence-corrected chi connectivity index (χ4v) is 8.75. The standard InChI is InChI=1S/C20H28O6/c1-8-9-4-5-10-18-11(21)6-7-17(2,3)12(18)14(23)20(24)19(10,13(8)22)15(9)25-16(18)26-20/h8-12,14-16,21,23-24H,4-7H2,1-3H3/t8-,9-,10-,11-,12+,14-,15-,16-,18-,19-,20+/m0/s1. The summed E-state index contributed by atoms with van der Waals surface area (Å²) in [5.74, 6) is -2.67. The van der Waals surface area contributed by atoms with Crippen molar-refractivity contribution in [2.75, 3.05) is 0 Å². The minimum absolute atomic E-state index is 0.0388. The maximum absolute atomic E-state index is 13.5. The summed E-state index contributed by atoms with van der Waals surface area (Å²) < 4.78 is 12.4. The molecule has 0 radical (unpaired) electrons. The van der Waals surface area contributed by atoms with Crippen molar-refractivity contribution in [3.05, 3.63) is 0 Å². The second kappa shape index (κ2) is 4.23. The molecule has 11 atom stereocenters. The Bertz CT molecular complexity index is 721. The molecule has 0 amide bonds. The minimum atomic E-state index is -1.91. The molecule has 4 heterocycles. The van der Waals surface area contributed by atoms with Crippen molar-refractivity contribution in [1.29, 1.82) is 0 Å². The van der Waals surface area contributed by atoms with Gasteiger partial charge < -0.3 is 24.8 Å². The van der Waals surface area contributed by atoms with E-state index in [1.165, 1.54) is 0 Å². The third-order valence-electron chi connectivity index (χ3n) is 9.54. The summed E-state index contributed by atoms with van der Waals surface area (Å²) in [6.45, 7) is 6.09. The molecule has 0 aromatic carbocycles. The maximum Gasteiger partial charge on any atom is 0.210 e. The molecular weight excluding hydrogens is 336 g/mol. The molecule has 0 aromatic rings. The van der Waals surface area contributed by atoms with Crippen molar-refractivity contribution in [3.8, 4) is 0 Å². The van der Waals surface area contributed by atoms with Gasteiger partial charge >= 0.3 is 0 Å². The van der Waals surface area contributed by atoms with E-state index in [1.807, 2.05) is 6.92 Å². The molecule has 4 aliphatic heterocycles. The van der Waals surface area contributed by atoms with Crippen molar-refractivity contribution in [2.45, 2.75) is 76.8 Å². The fourth-order valence-electron chi connectivity index (χ4n) is 8.75. The van der Waals surface area contributed by atoms with Crippen LogP contribution in [0.2, 0.25) is 0 Å². The lowest BCUT2D eigenvalue weighted by atomic mass is 9.34. The summed E-state index contributed by atoms with van der Waals surface area (Å²) in [5, 5.41) is 34.4. The molecule has 8 rings (SSSR count). The summed E-state index contributed by atoms with van der Waals surface area (Å²) in [5.41, 5.74) is -2.35. The van der Waals surface area contributed by atoms with Crippen LogP contribution in [-0.2, 0) is 14.3 Å². The van der Waals surface area contributed by atoms with Gasteiger partial charge in [-0.3, -0.25) is 4.79 Å². The van der Waals surface area contributed by atoms with Gasteiger partial charge in [-0.1, -0.05) is 20.8 Å². The first kappa shape index (κ1) is 16.4. The number of Topliss-reactive ketones (excluding diaryl/α,β-unsaturated/α-hetero) is 1. The molecule has 0 aromatic heterocycles. The van der Waals surface area contributed by atoms with Crippen molar-refractivity contribution in [3.63, 3.8) is 0 Å². The minimum Gasteiger partial charge on any atom is -0.392 e. The zero-order valence-corrected chi connectivity index (χ0v) is 15.5. The van der Waals surface area contributed by atoms with Crippen molar-refractivity contribution < 1.29 is 29.6 Å². The number of hydrogen-bond donors (Lipinski definition) is 3. The molecule has 8 aliphatic rings. The lowest BCUT2D eigenvalue weighted by Crippen LogP contribution is -2.91. The zero-order chi connectivity index (χ0) is 18.4. The lowest BCUT2D eigenvalue weighted by molar-refractivity contribution is -0.557. The summed E-state index contributed by atoms with van der Waals surface area (Å²) in [4.78, 5) is 13.5. The van der Waals surface area contributed by atoms with E-state index in [2.05, 4.69) is 13.8 Å². The molecule has 8 fully saturated rings. The van der Waals surface area contributed by atoms with Gasteiger partial charge in [0.1, 0.15) is 11.5 Å². The number of aliphatic hydroxyl groups excluding tert-OH is 2. The van der Waals surface area contributed by atoms with Gasteiger partial charge in [0.05, 0.1) is 17.6 Å². The van der Waals surface area contributed by atoms with E-state index in [4.69, 9.17) is 9.47 Å². The number of hydrogen-bond acceptors (Lipinski definition) is 6. The second-order valence-corrected chi connectivity index (χ2v) is 10.5. The van der Waals surface area contributed by atoms with Crippen LogP contribution in [0.3, 0.4) is 0 Å². The monoisotopic (exact) mass is 364 g/mol. The van der Waals surface area contributed by atoms with Gasteiger partial charge in [-0.2, -0.15) is 0 Å². The van der Waals surface area contributed by atoms with E-state index in [-0.39, 0.29) is 34.9 Å². The molecule has 7 bridgehead atoms. The van der Waals surface area contributed by atoms with Crippen LogP contribution in [0, 0.1) is 39.9 Å². The molecule has 6 nitrogen and oxygen atoms in total. The van der Waals surface area contributed by atoms with Crippen molar-refractivity contribution in [1.82, 2.24) is 0 Å². The topological polar surface area (TPSA) is 96.2 Å². The third-order valence-corrected chi connectivity index (χ3v) is 9.54. The quantitative estimate of drug-likeness (QED) is 0.589. The number of ether oxygens (including phenoxy) is 2. The lowest BCUT2D eigenvalue weighted by Gasteiger charge is -2.79. The number of carbonyl (C=O) groups excluding carboxylic acids is 1. The van der Waals surface area contributed by atoms with Gasteiger partial charge in [-0.05, 0) is 42.9 Å². The Hall–Kier alpha value is -0.530. The molecule has 4 saturated carbocycles. The Morgan fingerprint density at radius 1 is 1.15 bits per heavy atom. The first-order valence-electron chi connectivity index (χ1n) is 10.1. The number of ketones is 1. The summed E-state index contributed by atoms with van der Waals surface area (Å²) in [7, 11) is 0. The Morgan fingerprint density at radius 2 is 1.88 bits per heavy atom. The van der Waals surface area contributed by atoms with Crippen LogP contribution in [0.5, 0.6) is 0 Å². The van der Waals surface area contributed by atoms with E-state index in [1.54, 1.807) is 0 Å². The summed E-state index contributed by atoms with van der Waals surface area (Å²) >= 11 is 0. The van der Waals surface area contributed by atoms with Crippen LogP contribution in [0.1, 0.15) is 46.5 Å². The van der Waals surface area contributed by atoms with Crippen LogP contribution in [0.4, 0.5) is 0 Å². The Labute approximate surface area is 152 Å². The molecule has 144 valence electrons. The Morgan fingerprint density at radius 3 is 2.62 bits per heavy atom. The average molecular weight is 364 g/mol. The van der Waals surface area contributed by atoms with E-state index in [9.17, 15) is 20.1 Å². The van der Waals surface area contributed by atoms with E-state index < -0.39 is 41.2 Å². The van der Waals surface area contributed by atoms with E-state index in [0.717, 1.165) is 19.3 Å². The Balaban J connectivity index is 1.68. The number of aliphatic hydroxyl groups is 3. The highest BCUT2D eigenvalue weighted by Crippen LogP contribution is 2.81. The Kier molecular flexibility index (Phi) is 2.67. The van der Waals surface area contributed by atoms with Gasteiger partial charge in [0, 0.05) is 11.8 Å². The third kappa shape index (κ3) is 1.22. The largest absolute Gasteiger partial charge is 0.392 e. The molecule has 0 unspecified atom stereocenters. The average Bonchev–Trinajstić information content (AvgIpc) is 2.71. The highest BCUT2D eigenvalue weighted by atomic mass is 16.8. The molecule has 2 spiro atoms. The van der Waals surface area contributed by atoms with Gasteiger partial charge in [0.25, 0.3) is 0 Å². The molecular formula is C20H28O6. The fraction of sp³-hybridized carbons (Fsp3) is 0.950. The predicted molar refractivity (Wildman–Crippen MR) is 88.5 cm³/mol. The van der Waals surface area contributed by atoms with Gasteiger partial charge in [0.2, 0.25) is 5.79 Å². The van der Waals surface area contributed by atoms with E-state index in [0.29, 0.717) is 6.42 Å². The normalized spacial score (nSPS) is 66.8. The smallest absolute Gasteiger partial charge is 0.210 e. The molecule has 26 heavy (non-hydrogen) atoms. The van der Waals surface area contributed by atoms with Crippen LogP contribution in [0.25, 0.3) is 0 Å². The molecule has 4 aliphatic carbocycles. The highest BCUT2D eigenvalue weighted by molar-refractivity contribution is 5.93. The maximum atomic E-state index is 13.5. The second-order valence-electron chi connectivity index (χ2n) is 10.5. The predicted octanol–water partition coefficient (Wildman–Crippen LogP) is 0.819. The molecule has 3 N–H and O–H groups in total. The van der Waals surface area contributed by atoms with Crippen molar-refractivity contribution >= 4 is 5.78 Å². The highest BCUT2D eigenvalue weighted by Gasteiger charge is 2.92. The number of carbonyl (C=O) groups is 1. The first-order chi connectivity index (χ1) is 12.1. The van der Waals surface area contributed by atoms with Crippen LogP contribution < -0.4 is 0 Å². The van der Waals surface area contributed by atoms with Crippen LogP contribution >= 0.6 is 0 Å². The van der Waals surface area contributed by atoms with Gasteiger partial charge in [0.15, 0.2) is 12.1 Å². The van der Waals surface area contributed by atoms with Crippen LogP contribution in [-0.4, -0.2) is 51.5 Å². The van der Waals surface area contributed by atoms with E-state index >= 15 is 0 Å². The zero-order valence-electron chi connectivity index (χ0n) is 15.5. The summed E-state index contributed by atoms with van der Waals surface area (Å²) in [6, 6.07) is 0. The van der Waals surface area contributed by atoms with Gasteiger partial charge in [-0.25, -0.2) is 0 Å². The first-order valence-corrected chi connectivity index (χ1v) is 10.1. The SMILES string of the molecule is C[C@@H]1C(=O)[C@@]23[C@H]4O[C@H]5O[C@]2(O)[C@@H](O)[C@@H]2C(C)(C)CC[C@H](O)[C@]52[C@@H]3CC[C@@H]14. The van der Waals surface area contributed by atoms with Crippen LogP contribution in [0.15, 0.2) is 0 Å². The number of rotatable bonds is 0. The van der Waals surface area contributed by atoms with Gasteiger partial charge in [-0.15, -0.1) is 0 Å². The van der Waals surface area contributed by atoms with Crippen molar-refractivity contribution in [2.24, 2.45) is 39.9 Å². The summed E-state index contributed by atoms with van der Waals surface area (Å²) in [6.07, 6.45) is -0.0608.